The third-order valence-corrected chi connectivity index (χ3v) is 3.49. The Morgan fingerprint density at radius 1 is 1.37 bits per heavy atom. The number of carbonyl (C=O) groups is 2. The van der Waals surface area contributed by atoms with Crippen molar-refractivity contribution in [3.8, 4) is 0 Å². The fourth-order valence-electron chi connectivity index (χ4n) is 2.64. The molecule has 0 aliphatic carbocycles. The molecule has 0 saturated carbocycles. The molecule has 1 N–H and O–H groups in total. The van der Waals surface area contributed by atoms with Gasteiger partial charge in [0.05, 0.1) is 0 Å². The summed E-state index contributed by atoms with van der Waals surface area (Å²) < 4.78 is 0. The summed E-state index contributed by atoms with van der Waals surface area (Å²) >= 11 is 0. The van der Waals surface area contributed by atoms with Crippen molar-refractivity contribution in [3.63, 3.8) is 0 Å². The number of carbonyl (C=O) groups excluding carboxylic acids is 2. The standard InChI is InChI=1S/C14H17BN2O2/c15-14(19)16-13-10-17(9-12(13)6-7-18)8-11-4-2-1-3-5-11/h1-5,7,12-13H,6,8-10H2,(H,16,19)/t12-,13-/m0/s1. The highest BCUT2D eigenvalue weighted by atomic mass is 16.1. The summed E-state index contributed by atoms with van der Waals surface area (Å²) in [5, 5.41) is 2.73. The lowest BCUT2D eigenvalue weighted by atomic mass is 9.99. The van der Waals surface area contributed by atoms with E-state index in [2.05, 4.69) is 22.3 Å². The van der Waals surface area contributed by atoms with E-state index in [-0.39, 0.29) is 12.0 Å². The first-order chi connectivity index (χ1) is 9.19. The Bertz CT molecular complexity index is 438. The largest absolute Gasteiger partial charge is 0.362 e. The topological polar surface area (TPSA) is 49.4 Å². The van der Waals surface area contributed by atoms with E-state index >= 15 is 0 Å². The SMILES string of the molecule is [B]C(=O)N[C@H]1CN(Cc2ccccc2)C[C@@H]1CC=O. The quantitative estimate of drug-likeness (QED) is 0.630. The summed E-state index contributed by atoms with van der Waals surface area (Å²) in [5.41, 5.74) is 1.23. The summed E-state index contributed by atoms with van der Waals surface area (Å²) in [4.78, 5) is 23.9. The Hall–Kier alpha value is -1.62. The first-order valence-electron chi connectivity index (χ1n) is 6.45. The van der Waals surface area contributed by atoms with E-state index in [1.807, 2.05) is 18.2 Å². The monoisotopic (exact) mass is 256 g/mol. The second-order valence-electron chi connectivity index (χ2n) is 4.96. The van der Waals surface area contributed by atoms with Gasteiger partial charge in [-0.3, -0.25) is 9.69 Å². The second kappa shape index (κ2) is 6.52. The smallest absolute Gasteiger partial charge is 0.200 e. The van der Waals surface area contributed by atoms with Gasteiger partial charge in [0.2, 0.25) is 7.85 Å². The van der Waals surface area contributed by atoms with Crippen molar-refractivity contribution < 1.29 is 9.59 Å². The molecular formula is C14H17BN2O2. The molecule has 1 saturated heterocycles. The highest BCUT2D eigenvalue weighted by Gasteiger charge is 2.32. The Balaban J connectivity index is 1.97. The minimum absolute atomic E-state index is 0.0357. The lowest BCUT2D eigenvalue weighted by molar-refractivity contribution is -0.108. The van der Waals surface area contributed by atoms with Gasteiger partial charge in [0, 0.05) is 32.1 Å². The Kier molecular flexibility index (Phi) is 4.74. The molecule has 1 fully saturated rings. The number of amides is 1. The van der Waals surface area contributed by atoms with Gasteiger partial charge in [0.25, 0.3) is 0 Å². The molecule has 1 aromatic rings. The lowest BCUT2D eigenvalue weighted by Gasteiger charge is -2.17. The molecule has 19 heavy (non-hydrogen) atoms. The molecule has 1 amide bonds. The van der Waals surface area contributed by atoms with Gasteiger partial charge in [0.15, 0.2) is 5.81 Å². The number of nitrogens with one attached hydrogen (secondary N) is 1. The normalized spacial score (nSPS) is 23.2. The summed E-state index contributed by atoms with van der Waals surface area (Å²) in [6.07, 6.45) is 1.36. The van der Waals surface area contributed by atoms with Crippen molar-refractivity contribution >= 4 is 19.9 Å². The zero-order chi connectivity index (χ0) is 13.7. The van der Waals surface area contributed by atoms with Crippen LogP contribution in [0.2, 0.25) is 0 Å². The van der Waals surface area contributed by atoms with Gasteiger partial charge >= 0.3 is 0 Å². The summed E-state index contributed by atoms with van der Waals surface area (Å²) in [6, 6.07) is 10.1. The second-order valence-corrected chi connectivity index (χ2v) is 4.96. The first kappa shape index (κ1) is 13.8. The molecule has 5 heteroatoms. The maximum absolute atomic E-state index is 11.0. The first-order valence-corrected chi connectivity index (χ1v) is 6.45. The van der Waals surface area contributed by atoms with Crippen molar-refractivity contribution in [2.45, 2.75) is 19.0 Å². The fraction of sp³-hybridized carbons (Fsp3) is 0.429. The van der Waals surface area contributed by atoms with Gasteiger partial charge in [-0.05, 0) is 11.5 Å². The highest BCUT2D eigenvalue weighted by Crippen LogP contribution is 2.21. The van der Waals surface area contributed by atoms with E-state index in [4.69, 9.17) is 7.85 Å². The molecule has 2 radical (unpaired) electrons. The molecule has 0 spiro atoms. The van der Waals surface area contributed by atoms with Gasteiger partial charge < -0.3 is 10.1 Å². The average Bonchev–Trinajstić information content (AvgIpc) is 2.72. The molecular weight excluding hydrogens is 239 g/mol. The maximum Gasteiger partial charge on any atom is 0.200 e. The molecule has 2 atom stereocenters. The molecule has 1 aliphatic heterocycles. The molecule has 1 heterocycles. The number of rotatable bonds is 5. The van der Waals surface area contributed by atoms with Crippen LogP contribution < -0.4 is 5.32 Å². The van der Waals surface area contributed by atoms with Crippen LogP contribution in [0.4, 0.5) is 4.79 Å². The summed E-state index contributed by atoms with van der Waals surface area (Å²) in [5.74, 6) is -0.379. The lowest BCUT2D eigenvalue weighted by Crippen LogP contribution is -2.40. The van der Waals surface area contributed by atoms with E-state index in [1.54, 1.807) is 0 Å². The van der Waals surface area contributed by atoms with E-state index in [0.29, 0.717) is 6.42 Å². The van der Waals surface area contributed by atoms with Crippen molar-refractivity contribution in [2.24, 2.45) is 5.92 Å². The summed E-state index contributed by atoms with van der Waals surface area (Å²) in [6.45, 7) is 2.36. The van der Waals surface area contributed by atoms with E-state index < -0.39 is 5.81 Å². The van der Waals surface area contributed by atoms with Crippen LogP contribution in [0, 0.1) is 5.92 Å². The number of nitrogens with zero attached hydrogens (tertiary/aromatic N) is 1. The zero-order valence-electron chi connectivity index (χ0n) is 10.8. The molecule has 98 valence electrons. The molecule has 1 aliphatic rings. The molecule has 0 aromatic heterocycles. The van der Waals surface area contributed by atoms with Gasteiger partial charge in [-0.2, -0.15) is 0 Å². The highest BCUT2D eigenvalue weighted by molar-refractivity contribution is 6.57. The predicted octanol–water partition coefficient (Wildman–Crippen LogP) is 0.954. The van der Waals surface area contributed by atoms with Gasteiger partial charge in [-0.15, -0.1) is 0 Å². The van der Waals surface area contributed by atoms with Crippen molar-refractivity contribution in [3.05, 3.63) is 35.9 Å². The van der Waals surface area contributed by atoms with Crippen LogP contribution in [0.5, 0.6) is 0 Å². The third kappa shape index (κ3) is 3.93. The number of benzene rings is 1. The number of likely N-dealkylation sites (tertiary alicyclic amines) is 1. The van der Waals surface area contributed by atoms with Crippen LogP contribution >= 0.6 is 0 Å². The minimum atomic E-state index is -0.525. The Labute approximate surface area is 114 Å². The van der Waals surface area contributed by atoms with Crippen molar-refractivity contribution in [1.29, 1.82) is 0 Å². The van der Waals surface area contributed by atoms with Crippen LogP contribution in [0.25, 0.3) is 0 Å². The molecule has 1 aromatic carbocycles. The van der Waals surface area contributed by atoms with E-state index in [9.17, 15) is 9.59 Å². The Morgan fingerprint density at radius 2 is 2.11 bits per heavy atom. The van der Waals surface area contributed by atoms with Gasteiger partial charge in [-0.1, -0.05) is 30.3 Å². The zero-order valence-corrected chi connectivity index (χ0v) is 10.8. The van der Waals surface area contributed by atoms with Crippen LogP contribution in [0.1, 0.15) is 12.0 Å². The van der Waals surface area contributed by atoms with E-state index in [1.165, 1.54) is 5.56 Å². The molecule has 4 nitrogen and oxygen atoms in total. The predicted molar refractivity (Wildman–Crippen MR) is 74.0 cm³/mol. The van der Waals surface area contributed by atoms with Gasteiger partial charge in [-0.25, -0.2) is 0 Å². The number of hydrogen-bond donors (Lipinski definition) is 1. The number of aldehydes is 1. The van der Waals surface area contributed by atoms with Crippen LogP contribution in [0.15, 0.2) is 30.3 Å². The molecule has 0 bridgehead atoms. The third-order valence-electron chi connectivity index (χ3n) is 3.49. The average molecular weight is 256 g/mol. The maximum atomic E-state index is 11.0. The molecule has 0 unspecified atom stereocenters. The van der Waals surface area contributed by atoms with E-state index in [0.717, 1.165) is 25.9 Å². The van der Waals surface area contributed by atoms with Gasteiger partial charge in [0.1, 0.15) is 6.29 Å². The fourth-order valence-corrected chi connectivity index (χ4v) is 2.64. The number of hydrogen-bond acceptors (Lipinski definition) is 3. The van der Waals surface area contributed by atoms with Crippen LogP contribution in [-0.4, -0.2) is 44.0 Å². The van der Waals surface area contributed by atoms with Crippen LogP contribution in [-0.2, 0) is 11.3 Å². The molecule has 2 rings (SSSR count). The van der Waals surface area contributed by atoms with Crippen molar-refractivity contribution in [2.75, 3.05) is 13.1 Å². The van der Waals surface area contributed by atoms with Crippen molar-refractivity contribution in [1.82, 2.24) is 10.2 Å². The van der Waals surface area contributed by atoms with Crippen LogP contribution in [0.3, 0.4) is 0 Å². The Morgan fingerprint density at radius 3 is 2.74 bits per heavy atom. The summed E-state index contributed by atoms with van der Waals surface area (Å²) in [7, 11) is 5.17. The minimum Gasteiger partial charge on any atom is -0.362 e.